The number of aromatic nitrogens is 2. The lowest BCUT2D eigenvalue weighted by atomic mass is 10.3. The summed E-state index contributed by atoms with van der Waals surface area (Å²) >= 11 is 16.2. The molecule has 0 N–H and O–H groups in total. The van der Waals surface area contributed by atoms with E-state index in [9.17, 15) is 0 Å². The lowest BCUT2D eigenvalue weighted by Gasteiger charge is -2.03. The lowest BCUT2D eigenvalue weighted by Crippen LogP contribution is -1.84. The molecule has 0 saturated heterocycles. The zero-order valence-corrected chi connectivity index (χ0v) is 11.7. The monoisotopic (exact) mass is 338 g/mol. The molecule has 0 radical (unpaired) electrons. The first-order valence-corrected chi connectivity index (χ1v) is 6.72. The van der Waals surface area contributed by atoms with E-state index in [1.165, 1.54) is 11.3 Å². The maximum atomic E-state index is 6.00. The minimum atomic E-state index is 0.328. The topological polar surface area (TPSA) is 35.0 Å². The molecule has 0 aliphatic carbocycles. The number of alkyl halides is 1. The molecule has 0 unspecified atom stereocenters. The van der Waals surface area contributed by atoms with Crippen LogP contribution < -0.4 is 4.74 Å². The molecule has 1 heterocycles. The van der Waals surface area contributed by atoms with E-state index in [1.807, 2.05) is 6.07 Å². The molecule has 0 aliphatic rings. The summed E-state index contributed by atoms with van der Waals surface area (Å²) in [5, 5.41) is 9.33. The van der Waals surface area contributed by atoms with Gasteiger partial charge in [-0.2, -0.15) is 0 Å². The number of nitrogens with zero attached hydrogens (tertiary/aromatic N) is 2. The van der Waals surface area contributed by atoms with Crippen molar-refractivity contribution in [3.63, 3.8) is 0 Å². The average molecular weight is 340 g/mol. The normalized spacial score (nSPS) is 10.4. The molecular formula is C9H5BrCl2N2OS. The molecule has 0 aliphatic heterocycles. The smallest absolute Gasteiger partial charge is 0.299 e. The molecule has 0 amide bonds. The SMILES string of the molecule is ClCc1nnc(Oc2ccc(Br)cc2Cl)s1. The Kier molecular flexibility index (Phi) is 4.02. The van der Waals surface area contributed by atoms with Crippen molar-refractivity contribution in [2.24, 2.45) is 0 Å². The second kappa shape index (κ2) is 5.31. The standard InChI is InChI=1S/C9H5BrCl2N2OS/c10-5-1-2-7(6(12)3-5)15-9-14-13-8(4-11)16-9/h1-3H,4H2. The van der Waals surface area contributed by atoms with Crippen molar-refractivity contribution in [3.05, 3.63) is 32.7 Å². The molecule has 2 rings (SSSR count). The van der Waals surface area contributed by atoms with E-state index in [1.54, 1.807) is 12.1 Å². The summed E-state index contributed by atoms with van der Waals surface area (Å²) in [6, 6.07) is 5.35. The van der Waals surface area contributed by atoms with E-state index < -0.39 is 0 Å². The van der Waals surface area contributed by atoms with Crippen LogP contribution >= 0.6 is 50.5 Å². The second-order valence-electron chi connectivity index (χ2n) is 2.77. The lowest BCUT2D eigenvalue weighted by molar-refractivity contribution is 0.473. The van der Waals surface area contributed by atoms with Crippen LogP contribution in [0.25, 0.3) is 0 Å². The number of hydrogen-bond acceptors (Lipinski definition) is 4. The molecule has 7 heteroatoms. The van der Waals surface area contributed by atoms with Crippen LogP contribution in [0.2, 0.25) is 5.02 Å². The summed E-state index contributed by atoms with van der Waals surface area (Å²) in [5.41, 5.74) is 0. The van der Waals surface area contributed by atoms with Crippen LogP contribution in [0, 0.1) is 0 Å². The van der Waals surface area contributed by atoms with Crippen LogP contribution in [0.3, 0.4) is 0 Å². The molecule has 2 aromatic rings. The fraction of sp³-hybridized carbons (Fsp3) is 0.111. The Morgan fingerprint density at radius 2 is 2.19 bits per heavy atom. The maximum absolute atomic E-state index is 6.00. The number of ether oxygens (including phenoxy) is 1. The summed E-state index contributed by atoms with van der Waals surface area (Å²) in [6.45, 7) is 0. The molecule has 0 spiro atoms. The number of halogens is 3. The Morgan fingerprint density at radius 3 is 2.81 bits per heavy atom. The van der Waals surface area contributed by atoms with Crippen molar-refractivity contribution in [3.8, 4) is 10.9 Å². The van der Waals surface area contributed by atoms with Gasteiger partial charge in [0.25, 0.3) is 5.19 Å². The second-order valence-corrected chi connectivity index (χ2v) is 5.39. The minimum Gasteiger partial charge on any atom is -0.428 e. The molecule has 1 aromatic carbocycles. The fourth-order valence-corrected chi connectivity index (χ4v) is 2.47. The first kappa shape index (κ1) is 12.1. The Morgan fingerprint density at radius 1 is 1.38 bits per heavy atom. The quantitative estimate of drug-likeness (QED) is 0.773. The maximum Gasteiger partial charge on any atom is 0.299 e. The van der Waals surface area contributed by atoms with Crippen LogP contribution in [0.15, 0.2) is 22.7 Å². The first-order chi connectivity index (χ1) is 7.69. The zero-order chi connectivity index (χ0) is 11.5. The highest BCUT2D eigenvalue weighted by atomic mass is 79.9. The largest absolute Gasteiger partial charge is 0.428 e. The Bertz CT molecular complexity index is 506. The number of rotatable bonds is 3. The van der Waals surface area contributed by atoms with E-state index in [0.717, 1.165) is 4.47 Å². The molecule has 1 aromatic heterocycles. The Labute approximate surface area is 114 Å². The summed E-state index contributed by atoms with van der Waals surface area (Å²) in [4.78, 5) is 0. The van der Waals surface area contributed by atoms with E-state index in [2.05, 4.69) is 26.1 Å². The summed E-state index contributed by atoms with van der Waals surface area (Å²) in [5.74, 6) is 0.872. The van der Waals surface area contributed by atoms with E-state index in [0.29, 0.717) is 26.9 Å². The third kappa shape index (κ3) is 2.85. The van der Waals surface area contributed by atoms with Gasteiger partial charge in [0.1, 0.15) is 10.8 Å². The van der Waals surface area contributed by atoms with Gasteiger partial charge in [-0.15, -0.1) is 16.7 Å². The molecule has 0 fully saturated rings. The van der Waals surface area contributed by atoms with Gasteiger partial charge in [-0.05, 0) is 18.2 Å². The van der Waals surface area contributed by atoms with Gasteiger partial charge in [0.2, 0.25) is 0 Å². The van der Waals surface area contributed by atoms with Gasteiger partial charge < -0.3 is 4.74 Å². The zero-order valence-electron chi connectivity index (χ0n) is 7.78. The Balaban J connectivity index is 2.20. The van der Waals surface area contributed by atoms with Crippen LogP contribution in [0.5, 0.6) is 10.9 Å². The molecular weight excluding hydrogens is 335 g/mol. The van der Waals surface area contributed by atoms with Crippen molar-refractivity contribution in [2.45, 2.75) is 5.88 Å². The third-order valence-electron chi connectivity index (χ3n) is 1.65. The van der Waals surface area contributed by atoms with Crippen LogP contribution in [-0.2, 0) is 5.88 Å². The van der Waals surface area contributed by atoms with E-state index >= 15 is 0 Å². The van der Waals surface area contributed by atoms with Crippen molar-refractivity contribution in [1.82, 2.24) is 10.2 Å². The minimum absolute atomic E-state index is 0.328. The highest BCUT2D eigenvalue weighted by Crippen LogP contribution is 2.32. The van der Waals surface area contributed by atoms with Crippen LogP contribution in [0.4, 0.5) is 0 Å². The summed E-state index contributed by atoms with van der Waals surface area (Å²) < 4.78 is 6.37. The van der Waals surface area contributed by atoms with Gasteiger partial charge in [-0.25, -0.2) is 0 Å². The van der Waals surface area contributed by atoms with Gasteiger partial charge in [0, 0.05) is 4.47 Å². The van der Waals surface area contributed by atoms with Crippen molar-refractivity contribution >= 4 is 50.5 Å². The first-order valence-electron chi connectivity index (χ1n) is 4.20. The summed E-state index contributed by atoms with van der Waals surface area (Å²) in [6.07, 6.45) is 0. The van der Waals surface area contributed by atoms with Gasteiger partial charge in [0.05, 0.1) is 10.9 Å². The predicted molar refractivity (Wildman–Crippen MR) is 68.7 cm³/mol. The summed E-state index contributed by atoms with van der Waals surface area (Å²) in [7, 11) is 0. The number of benzene rings is 1. The van der Waals surface area contributed by atoms with Gasteiger partial charge in [-0.3, -0.25) is 0 Å². The molecule has 16 heavy (non-hydrogen) atoms. The van der Waals surface area contributed by atoms with Crippen molar-refractivity contribution < 1.29 is 4.74 Å². The van der Waals surface area contributed by atoms with Crippen LogP contribution in [0.1, 0.15) is 5.01 Å². The van der Waals surface area contributed by atoms with Crippen molar-refractivity contribution in [2.75, 3.05) is 0 Å². The number of hydrogen-bond donors (Lipinski definition) is 0. The average Bonchev–Trinajstić information content (AvgIpc) is 2.70. The predicted octanol–water partition coefficient (Wildman–Crippen LogP) is 4.49. The van der Waals surface area contributed by atoms with E-state index in [4.69, 9.17) is 27.9 Å². The molecule has 0 saturated carbocycles. The van der Waals surface area contributed by atoms with Gasteiger partial charge >= 0.3 is 0 Å². The van der Waals surface area contributed by atoms with E-state index in [-0.39, 0.29) is 0 Å². The molecule has 0 bridgehead atoms. The molecule has 3 nitrogen and oxygen atoms in total. The van der Waals surface area contributed by atoms with Crippen LogP contribution in [-0.4, -0.2) is 10.2 Å². The third-order valence-corrected chi connectivity index (χ3v) is 3.66. The fourth-order valence-electron chi connectivity index (χ4n) is 0.985. The highest BCUT2D eigenvalue weighted by Gasteiger charge is 2.08. The van der Waals surface area contributed by atoms with Crippen molar-refractivity contribution in [1.29, 1.82) is 0 Å². The molecule has 84 valence electrons. The van der Waals surface area contributed by atoms with Gasteiger partial charge in [0.15, 0.2) is 0 Å². The molecule has 0 atom stereocenters. The Hall–Kier alpha value is -0.360. The van der Waals surface area contributed by atoms with Gasteiger partial charge in [-0.1, -0.05) is 44.0 Å². The highest BCUT2D eigenvalue weighted by molar-refractivity contribution is 9.10.